The molecule has 2 N–H and O–H groups in total. The summed E-state index contributed by atoms with van der Waals surface area (Å²) in [5.41, 5.74) is 9.05. The Hall–Kier alpha value is -2.40. The van der Waals surface area contributed by atoms with Gasteiger partial charge in [0.15, 0.2) is 0 Å². The summed E-state index contributed by atoms with van der Waals surface area (Å²) in [5.74, 6) is 0. The van der Waals surface area contributed by atoms with E-state index in [-0.39, 0.29) is 5.56 Å². The van der Waals surface area contributed by atoms with E-state index in [2.05, 4.69) is 0 Å². The van der Waals surface area contributed by atoms with E-state index in [1.807, 2.05) is 45.0 Å². The maximum absolute atomic E-state index is 12.5. The summed E-state index contributed by atoms with van der Waals surface area (Å²) >= 11 is 1.41. The lowest BCUT2D eigenvalue weighted by molar-refractivity contribution is 0.250. The third kappa shape index (κ3) is 2.05. The molecule has 0 radical (unpaired) electrons. The van der Waals surface area contributed by atoms with Crippen LogP contribution in [0.5, 0.6) is 0 Å². The second-order valence-corrected chi connectivity index (χ2v) is 6.58. The number of aryl methyl sites for hydroxylation is 3. The summed E-state index contributed by atoms with van der Waals surface area (Å²) in [6.07, 6.45) is 1.56. The van der Waals surface area contributed by atoms with Gasteiger partial charge in [-0.3, -0.25) is 4.79 Å². The van der Waals surface area contributed by atoms with Crippen molar-refractivity contribution in [2.24, 2.45) is 5.73 Å². The van der Waals surface area contributed by atoms with Crippen molar-refractivity contribution in [3.05, 3.63) is 56.8 Å². The van der Waals surface area contributed by atoms with E-state index < -0.39 is 6.03 Å². The zero-order valence-corrected chi connectivity index (χ0v) is 13.5. The number of pyridine rings is 1. The number of nitrogens with zero attached hydrogens (tertiary/aromatic N) is 1. The molecule has 0 saturated carbocycles. The highest BCUT2D eigenvalue weighted by molar-refractivity contribution is 7.19. The van der Waals surface area contributed by atoms with Gasteiger partial charge < -0.3 is 5.73 Å². The van der Waals surface area contributed by atoms with Crippen LogP contribution in [-0.2, 0) is 0 Å². The van der Waals surface area contributed by atoms with Gasteiger partial charge in [-0.05, 0) is 37.5 Å². The number of thiophene rings is 1. The Morgan fingerprint density at radius 1 is 1.14 bits per heavy atom. The molecule has 1 aromatic carbocycles. The predicted molar refractivity (Wildman–Crippen MR) is 90.7 cm³/mol. The summed E-state index contributed by atoms with van der Waals surface area (Å²) < 4.78 is 1.58. The van der Waals surface area contributed by atoms with Crippen LogP contribution in [-0.4, -0.2) is 10.6 Å². The van der Waals surface area contributed by atoms with Gasteiger partial charge in [0.25, 0.3) is 5.56 Å². The Kier molecular flexibility index (Phi) is 3.37. The Morgan fingerprint density at radius 3 is 2.45 bits per heavy atom. The highest BCUT2D eigenvalue weighted by atomic mass is 32.1. The third-order valence-electron chi connectivity index (χ3n) is 4.00. The van der Waals surface area contributed by atoms with Crippen LogP contribution < -0.4 is 11.3 Å². The second-order valence-electron chi connectivity index (χ2n) is 5.36. The van der Waals surface area contributed by atoms with Gasteiger partial charge in [0.1, 0.15) is 4.70 Å². The maximum Gasteiger partial charge on any atom is 0.325 e. The van der Waals surface area contributed by atoms with Crippen molar-refractivity contribution < 1.29 is 4.79 Å². The van der Waals surface area contributed by atoms with Crippen LogP contribution in [0.4, 0.5) is 4.79 Å². The van der Waals surface area contributed by atoms with E-state index in [1.165, 1.54) is 11.3 Å². The van der Waals surface area contributed by atoms with E-state index in [1.54, 1.807) is 6.20 Å². The molecule has 1 amide bonds. The number of hydrogen-bond acceptors (Lipinski definition) is 3. The number of carbonyl (C=O) groups is 1. The van der Waals surface area contributed by atoms with Crippen molar-refractivity contribution in [1.29, 1.82) is 0 Å². The first-order valence-electron chi connectivity index (χ1n) is 6.93. The SMILES string of the molecule is Cc1ccccc1-c1cn(C(N)=O)c(=O)c2sc(C)c(C)c12. The summed E-state index contributed by atoms with van der Waals surface area (Å²) in [5, 5.41) is 0.916. The molecule has 0 aliphatic heterocycles. The van der Waals surface area contributed by atoms with E-state index in [9.17, 15) is 9.59 Å². The molecule has 0 saturated heterocycles. The Bertz CT molecular complexity index is 967. The molecule has 22 heavy (non-hydrogen) atoms. The molecule has 4 nitrogen and oxygen atoms in total. The van der Waals surface area contributed by atoms with Crippen LogP contribution in [0.3, 0.4) is 0 Å². The Labute approximate surface area is 131 Å². The minimum Gasteiger partial charge on any atom is -0.351 e. The first-order valence-corrected chi connectivity index (χ1v) is 7.74. The number of hydrogen-bond donors (Lipinski definition) is 1. The monoisotopic (exact) mass is 312 g/mol. The van der Waals surface area contributed by atoms with Crippen molar-refractivity contribution in [2.75, 3.05) is 0 Å². The second kappa shape index (κ2) is 5.10. The van der Waals surface area contributed by atoms with Gasteiger partial charge >= 0.3 is 6.03 Å². The van der Waals surface area contributed by atoms with Gasteiger partial charge in [-0.2, -0.15) is 0 Å². The number of primary amides is 1. The number of benzene rings is 1. The quantitative estimate of drug-likeness (QED) is 0.746. The van der Waals surface area contributed by atoms with Crippen LogP contribution in [0.25, 0.3) is 21.2 Å². The highest BCUT2D eigenvalue weighted by Crippen LogP contribution is 2.36. The van der Waals surface area contributed by atoms with Crippen LogP contribution in [0, 0.1) is 20.8 Å². The first-order chi connectivity index (χ1) is 10.4. The lowest BCUT2D eigenvalue weighted by Gasteiger charge is -2.11. The number of aromatic nitrogens is 1. The number of carbonyl (C=O) groups excluding carboxylic acids is 1. The fourth-order valence-corrected chi connectivity index (χ4v) is 3.82. The van der Waals surface area contributed by atoms with E-state index in [0.717, 1.165) is 37.1 Å². The topological polar surface area (TPSA) is 65.1 Å². The zero-order chi connectivity index (χ0) is 16.0. The van der Waals surface area contributed by atoms with E-state index in [4.69, 9.17) is 5.73 Å². The highest BCUT2D eigenvalue weighted by Gasteiger charge is 2.18. The van der Waals surface area contributed by atoms with Gasteiger partial charge in [0, 0.05) is 22.0 Å². The number of rotatable bonds is 1. The summed E-state index contributed by atoms with van der Waals surface area (Å²) in [7, 11) is 0. The standard InChI is InChI=1S/C17H16N2O2S/c1-9-6-4-5-7-12(9)13-8-19(17(18)21)16(20)15-14(13)10(2)11(3)22-15/h4-8H,1-3H3,(H2,18,21). The molecule has 5 heteroatoms. The van der Waals surface area contributed by atoms with Gasteiger partial charge in [-0.15, -0.1) is 11.3 Å². The molecule has 0 aliphatic carbocycles. The normalized spacial score (nSPS) is 11.0. The molecule has 0 unspecified atom stereocenters. The van der Waals surface area contributed by atoms with Crippen LogP contribution in [0.15, 0.2) is 35.3 Å². The largest absolute Gasteiger partial charge is 0.351 e. The van der Waals surface area contributed by atoms with Crippen molar-refractivity contribution in [3.8, 4) is 11.1 Å². The maximum atomic E-state index is 12.5. The van der Waals surface area contributed by atoms with Crippen molar-refractivity contribution in [1.82, 2.24) is 4.57 Å². The van der Waals surface area contributed by atoms with Crippen LogP contribution in [0.1, 0.15) is 16.0 Å². The number of nitrogens with two attached hydrogens (primary N) is 1. The Balaban J connectivity index is 2.53. The van der Waals surface area contributed by atoms with Crippen molar-refractivity contribution >= 4 is 27.5 Å². The fraction of sp³-hybridized carbons (Fsp3) is 0.176. The van der Waals surface area contributed by atoms with E-state index >= 15 is 0 Å². The molecular formula is C17H16N2O2S. The zero-order valence-electron chi connectivity index (χ0n) is 12.6. The minimum absolute atomic E-state index is 0.346. The average molecular weight is 312 g/mol. The summed E-state index contributed by atoms with van der Waals surface area (Å²) in [6, 6.07) is 7.15. The first kappa shape index (κ1) is 14.5. The van der Waals surface area contributed by atoms with Gasteiger partial charge in [0.05, 0.1) is 0 Å². The molecule has 0 spiro atoms. The molecule has 0 fully saturated rings. The number of fused-ring (bicyclic) bond motifs is 1. The number of amides is 1. The third-order valence-corrected chi connectivity index (χ3v) is 5.19. The minimum atomic E-state index is -0.759. The van der Waals surface area contributed by atoms with Crippen molar-refractivity contribution in [3.63, 3.8) is 0 Å². The van der Waals surface area contributed by atoms with Crippen LogP contribution >= 0.6 is 11.3 Å². The molecule has 0 aliphatic rings. The predicted octanol–water partition coefficient (Wildman–Crippen LogP) is 3.58. The van der Waals surface area contributed by atoms with Gasteiger partial charge in [0.2, 0.25) is 0 Å². The molecule has 3 aromatic rings. The van der Waals surface area contributed by atoms with E-state index in [0.29, 0.717) is 4.70 Å². The molecule has 0 atom stereocenters. The fourth-order valence-electron chi connectivity index (χ4n) is 2.71. The molecule has 112 valence electrons. The molecule has 2 heterocycles. The smallest absolute Gasteiger partial charge is 0.325 e. The summed E-state index contributed by atoms with van der Waals surface area (Å²) in [6.45, 7) is 6.00. The molecule has 2 aromatic heterocycles. The molecular weight excluding hydrogens is 296 g/mol. The van der Waals surface area contributed by atoms with Crippen molar-refractivity contribution in [2.45, 2.75) is 20.8 Å². The Morgan fingerprint density at radius 2 is 1.82 bits per heavy atom. The van der Waals surface area contributed by atoms with Gasteiger partial charge in [-0.1, -0.05) is 24.3 Å². The average Bonchev–Trinajstić information content (AvgIpc) is 2.77. The molecule has 3 rings (SSSR count). The molecule has 0 bridgehead atoms. The lowest BCUT2D eigenvalue weighted by Crippen LogP contribution is -2.31. The van der Waals surface area contributed by atoms with Gasteiger partial charge in [-0.25, -0.2) is 9.36 Å². The lowest BCUT2D eigenvalue weighted by atomic mass is 9.97. The van der Waals surface area contributed by atoms with Crippen LogP contribution in [0.2, 0.25) is 0 Å². The summed E-state index contributed by atoms with van der Waals surface area (Å²) in [4.78, 5) is 25.2.